The van der Waals surface area contributed by atoms with Crippen LogP contribution in [0.25, 0.3) is 0 Å². The van der Waals surface area contributed by atoms with Crippen molar-refractivity contribution >= 4 is 52.2 Å². The minimum Gasteiger partial charge on any atom is -0.353 e. The van der Waals surface area contributed by atoms with Gasteiger partial charge in [-0.25, -0.2) is 4.98 Å². The standard InChI is InChI=1S/C18H16Cl3N5O/c19-13-2-1-12(9-22)16(8-13)24-17(27)11-25-3-5-26(6-4-25)18-15(21)7-14(20)10-23-18/h1-2,7-8,10H,3-6,11H2,(H,24,27). The Morgan fingerprint density at radius 1 is 1.15 bits per heavy atom. The fourth-order valence-corrected chi connectivity index (χ4v) is 3.54. The number of nitriles is 1. The van der Waals surface area contributed by atoms with Crippen molar-refractivity contribution in [3.8, 4) is 6.07 Å². The molecule has 0 aliphatic carbocycles. The highest BCUT2D eigenvalue weighted by molar-refractivity contribution is 6.36. The molecule has 1 saturated heterocycles. The number of anilines is 2. The van der Waals surface area contributed by atoms with Crippen molar-refractivity contribution in [3.05, 3.63) is 51.1 Å². The number of carbonyl (C=O) groups is 1. The average molecular weight is 425 g/mol. The zero-order valence-electron chi connectivity index (χ0n) is 14.3. The van der Waals surface area contributed by atoms with Gasteiger partial charge in [0, 0.05) is 37.4 Å². The number of aromatic nitrogens is 1. The molecule has 1 amide bonds. The van der Waals surface area contributed by atoms with Gasteiger partial charge in [-0.1, -0.05) is 34.8 Å². The van der Waals surface area contributed by atoms with Crippen molar-refractivity contribution < 1.29 is 4.79 Å². The van der Waals surface area contributed by atoms with E-state index in [9.17, 15) is 4.79 Å². The van der Waals surface area contributed by atoms with Gasteiger partial charge in [0.15, 0.2) is 0 Å². The number of amides is 1. The lowest BCUT2D eigenvalue weighted by molar-refractivity contribution is -0.117. The number of benzene rings is 1. The summed E-state index contributed by atoms with van der Waals surface area (Å²) in [5, 5.41) is 13.4. The van der Waals surface area contributed by atoms with Crippen LogP contribution in [-0.4, -0.2) is 48.5 Å². The fourth-order valence-electron chi connectivity index (χ4n) is 2.87. The van der Waals surface area contributed by atoms with Crippen molar-refractivity contribution in [1.82, 2.24) is 9.88 Å². The van der Waals surface area contributed by atoms with Gasteiger partial charge in [0.25, 0.3) is 0 Å². The smallest absolute Gasteiger partial charge is 0.238 e. The lowest BCUT2D eigenvalue weighted by atomic mass is 10.2. The van der Waals surface area contributed by atoms with Gasteiger partial charge in [0.05, 0.1) is 27.8 Å². The van der Waals surface area contributed by atoms with E-state index in [1.54, 1.807) is 30.5 Å². The third-order valence-electron chi connectivity index (χ3n) is 4.20. The van der Waals surface area contributed by atoms with Gasteiger partial charge in [-0.05, 0) is 24.3 Å². The van der Waals surface area contributed by atoms with Gasteiger partial charge >= 0.3 is 0 Å². The number of pyridine rings is 1. The molecule has 2 heterocycles. The summed E-state index contributed by atoms with van der Waals surface area (Å²) in [5.74, 6) is 0.507. The third-order valence-corrected chi connectivity index (χ3v) is 4.92. The van der Waals surface area contributed by atoms with Gasteiger partial charge in [0.1, 0.15) is 11.9 Å². The van der Waals surface area contributed by atoms with E-state index in [1.165, 1.54) is 0 Å². The molecule has 0 atom stereocenters. The molecule has 1 aliphatic rings. The highest BCUT2D eigenvalue weighted by Gasteiger charge is 2.22. The SMILES string of the molecule is N#Cc1ccc(Cl)cc1NC(=O)CN1CCN(c2ncc(Cl)cc2Cl)CC1. The molecule has 1 N–H and O–H groups in total. The van der Waals surface area contributed by atoms with Gasteiger partial charge < -0.3 is 10.2 Å². The lowest BCUT2D eigenvalue weighted by Crippen LogP contribution is -2.49. The van der Waals surface area contributed by atoms with Crippen LogP contribution in [0.4, 0.5) is 11.5 Å². The summed E-state index contributed by atoms with van der Waals surface area (Å²) in [6.45, 7) is 3.00. The van der Waals surface area contributed by atoms with E-state index in [0.29, 0.717) is 58.3 Å². The van der Waals surface area contributed by atoms with E-state index >= 15 is 0 Å². The van der Waals surface area contributed by atoms with Crippen LogP contribution < -0.4 is 10.2 Å². The summed E-state index contributed by atoms with van der Waals surface area (Å²) in [6.07, 6.45) is 1.57. The highest BCUT2D eigenvalue weighted by Crippen LogP contribution is 2.26. The monoisotopic (exact) mass is 423 g/mol. The number of nitrogens with one attached hydrogen (secondary N) is 1. The van der Waals surface area contributed by atoms with Gasteiger partial charge in [0.2, 0.25) is 5.91 Å². The zero-order valence-corrected chi connectivity index (χ0v) is 16.5. The van der Waals surface area contributed by atoms with Crippen LogP contribution in [0.5, 0.6) is 0 Å². The van der Waals surface area contributed by atoms with E-state index in [4.69, 9.17) is 40.1 Å². The molecule has 1 aliphatic heterocycles. The Hall–Kier alpha value is -2.04. The van der Waals surface area contributed by atoms with E-state index in [0.717, 1.165) is 0 Å². The van der Waals surface area contributed by atoms with Crippen molar-refractivity contribution in [1.29, 1.82) is 5.26 Å². The van der Waals surface area contributed by atoms with Crippen LogP contribution in [0.1, 0.15) is 5.56 Å². The predicted octanol–water partition coefficient (Wildman–Crippen LogP) is 3.67. The maximum atomic E-state index is 12.3. The number of nitrogens with zero attached hydrogens (tertiary/aromatic N) is 4. The van der Waals surface area contributed by atoms with Crippen LogP contribution in [-0.2, 0) is 4.79 Å². The summed E-state index contributed by atoms with van der Waals surface area (Å²) in [7, 11) is 0. The molecule has 140 valence electrons. The first kappa shape index (κ1) is 19.7. The normalized spacial score (nSPS) is 14.7. The van der Waals surface area contributed by atoms with Crippen molar-refractivity contribution in [2.24, 2.45) is 0 Å². The molecule has 1 fully saturated rings. The summed E-state index contributed by atoms with van der Waals surface area (Å²) in [4.78, 5) is 20.7. The average Bonchev–Trinajstić information content (AvgIpc) is 2.63. The number of rotatable bonds is 4. The molecule has 0 spiro atoms. The highest BCUT2D eigenvalue weighted by atomic mass is 35.5. The maximum absolute atomic E-state index is 12.3. The van der Waals surface area contributed by atoms with Gasteiger partial charge in [-0.3, -0.25) is 9.69 Å². The molecule has 1 aromatic heterocycles. The number of hydrogen-bond acceptors (Lipinski definition) is 5. The Morgan fingerprint density at radius 2 is 1.89 bits per heavy atom. The molecule has 3 rings (SSSR count). The Morgan fingerprint density at radius 3 is 2.56 bits per heavy atom. The van der Waals surface area contributed by atoms with E-state index in [-0.39, 0.29) is 12.5 Å². The zero-order chi connectivity index (χ0) is 19.4. The predicted molar refractivity (Wildman–Crippen MR) is 108 cm³/mol. The second-order valence-electron chi connectivity index (χ2n) is 6.07. The first-order chi connectivity index (χ1) is 13.0. The molecule has 2 aromatic rings. The third kappa shape index (κ3) is 5.02. The summed E-state index contributed by atoms with van der Waals surface area (Å²) in [6, 6.07) is 8.48. The molecular weight excluding hydrogens is 409 g/mol. The molecule has 0 radical (unpaired) electrons. The van der Waals surface area contributed by atoms with Crippen LogP contribution in [0, 0.1) is 11.3 Å². The fraction of sp³-hybridized carbons (Fsp3) is 0.278. The first-order valence-corrected chi connectivity index (χ1v) is 9.37. The Labute approximate surface area is 172 Å². The van der Waals surface area contributed by atoms with Crippen LogP contribution in [0.15, 0.2) is 30.5 Å². The molecule has 9 heteroatoms. The maximum Gasteiger partial charge on any atom is 0.238 e. The first-order valence-electron chi connectivity index (χ1n) is 8.24. The number of hydrogen-bond donors (Lipinski definition) is 1. The number of piperazine rings is 1. The van der Waals surface area contributed by atoms with Crippen LogP contribution in [0.2, 0.25) is 15.1 Å². The Bertz CT molecular complexity index is 891. The molecule has 0 unspecified atom stereocenters. The molecule has 0 bridgehead atoms. The second-order valence-corrected chi connectivity index (χ2v) is 7.35. The molecule has 0 saturated carbocycles. The van der Waals surface area contributed by atoms with Crippen molar-refractivity contribution in [2.45, 2.75) is 0 Å². The lowest BCUT2D eigenvalue weighted by Gasteiger charge is -2.35. The largest absolute Gasteiger partial charge is 0.353 e. The second kappa shape index (κ2) is 8.77. The van der Waals surface area contributed by atoms with Crippen molar-refractivity contribution in [3.63, 3.8) is 0 Å². The van der Waals surface area contributed by atoms with E-state index in [1.807, 2.05) is 11.0 Å². The van der Waals surface area contributed by atoms with Crippen LogP contribution in [0.3, 0.4) is 0 Å². The van der Waals surface area contributed by atoms with E-state index in [2.05, 4.69) is 15.2 Å². The summed E-state index contributed by atoms with van der Waals surface area (Å²) < 4.78 is 0. The summed E-state index contributed by atoms with van der Waals surface area (Å²) >= 11 is 18.0. The topological polar surface area (TPSA) is 72.3 Å². The molecule has 1 aromatic carbocycles. The Kier molecular flexibility index (Phi) is 6.40. The van der Waals surface area contributed by atoms with Gasteiger partial charge in [-0.15, -0.1) is 0 Å². The van der Waals surface area contributed by atoms with Crippen molar-refractivity contribution in [2.75, 3.05) is 42.9 Å². The number of carbonyl (C=O) groups excluding carboxylic acids is 1. The van der Waals surface area contributed by atoms with E-state index < -0.39 is 0 Å². The molecular formula is C18H16Cl3N5O. The summed E-state index contributed by atoms with van der Waals surface area (Å²) in [5.41, 5.74) is 0.798. The minimum absolute atomic E-state index is 0.190. The van der Waals surface area contributed by atoms with Gasteiger partial charge in [-0.2, -0.15) is 5.26 Å². The molecule has 27 heavy (non-hydrogen) atoms. The van der Waals surface area contributed by atoms with Crippen LogP contribution >= 0.6 is 34.8 Å². The minimum atomic E-state index is -0.190. The quantitative estimate of drug-likeness (QED) is 0.810. The molecule has 6 nitrogen and oxygen atoms in total. The number of halogens is 3. The Balaban J connectivity index is 1.55.